The van der Waals surface area contributed by atoms with E-state index in [0.717, 1.165) is 32.6 Å². The molecule has 0 aliphatic carbocycles. The summed E-state index contributed by atoms with van der Waals surface area (Å²) in [4.78, 5) is 11.2. The molecule has 0 saturated carbocycles. The largest absolute Gasteiger partial charge is 0.381 e. The van der Waals surface area contributed by atoms with Crippen LogP contribution in [0.2, 0.25) is 0 Å². The van der Waals surface area contributed by atoms with Crippen LogP contribution in [0.15, 0.2) is 18.3 Å². The van der Waals surface area contributed by atoms with Gasteiger partial charge in [-0.15, -0.1) is 0 Å². The molecule has 0 spiro atoms. The van der Waals surface area contributed by atoms with E-state index in [4.69, 9.17) is 10.5 Å². The van der Waals surface area contributed by atoms with Crippen molar-refractivity contribution in [2.75, 3.05) is 13.2 Å². The first-order chi connectivity index (χ1) is 9.16. The van der Waals surface area contributed by atoms with Gasteiger partial charge in [0.05, 0.1) is 0 Å². The third-order valence-corrected chi connectivity index (χ3v) is 3.85. The molecule has 0 radical (unpaired) electrons. The van der Waals surface area contributed by atoms with Gasteiger partial charge in [-0.1, -0.05) is 0 Å². The van der Waals surface area contributed by atoms with E-state index in [1.54, 1.807) is 0 Å². The molecule has 106 valence electrons. The fourth-order valence-corrected chi connectivity index (χ4v) is 2.66. The number of primary amides is 1. The number of carbonyl (C=O) groups excluding carboxylic acids is 1. The number of rotatable bonds is 6. The lowest BCUT2D eigenvalue weighted by Crippen LogP contribution is -2.41. The molecule has 1 fully saturated rings. The second-order valence-electron chi connectivity index (χ2n) is 5.22. The van der Waals surface area contributed by atoms with Crippen LogP contribution in [0, 0.1) is 5.92 Å². The molecule has 1 saturated heterocycles. The molecule has 1 aromatic rings. The van der Waals surface area contributed by atoms with Gasteiger partial charge in [-0.25, -0.2) is 0 Å². The van der Waals surface area contributed by atoms with E-state index >= 15 is 0 Å². The van der Waals surface area contributed by atoms with Crippen molar-refractivity contribution in [1.82, 2.24) is 9.88 Å². The van der Waals surface area contributed by atoms with E-state index in [1.165, 1.54) is 5.69 Å². The molecule has 1 aliphatic heterocycles. The zero-order chi connectivity index (χ0) is 13.7. The van der Waals surface area contributed by atoms with Crippen LogP contribution in [0.5, 0.6) is 0 Å². The number of ether oxygens (including phenoxy) is 1. The van der Waals surface area contributed by atoms with E-state index in [1.807, 2.05) is 19.3 Å². The maximum atomic E-state index is 11.2. The summed E-state index contributed by atoms with van der Waals surface area (Å²) < 4.78 is 7.46. The van der Waals surface area contributed by atoms with Crippen LogP contribution in [-0.4, -0.2) is 29.7 Å². The van der Waals surface area contributed by atoms with Crippen LogP contribution >= 0.6 is 0 Å². The quantitative estimate of drug-likeness (QED) is 0.799. The van der Waals surface area contributed by atoms with Gasteiger partial charge in [-0.05, 0) is 30.9 Å². The normalized spacial score (nSPS) is 18.4. The van der Waals surface area contributed by atoms with Gasteiger partial charge in [-0.3, -0.25) is 4.79 Å². The van der Waals surface area contributed by atoms with Gasteiger partial charge in [0.15, 0.2) is 0 Å². The number of hydrogen-bond acceptors (Lipinski definition) is 3. The lowest BCUT2D eigenvalue weighted by atomic mass is 9.89. The number of nitrogens with one attached hydrogen (secondary N) is 1. The Morgan fingerprint density at radius 3 is 2.89 bits per heavy atom. The molecule has 19 heavy (non-hydrogen) atoms. The van der Waals surface area contributed by atoms with Crippen molar-refractivity contribution in [2.45, 2.75) is 31.8 Å². The summed E-state index contributed by atoms with van der Waals surface area (Å²) in [7, 11) is 2.02. The van der Waals surface area contributed by atoms with Gasteiger partial charge < -0.3 is 20.4 Å². The summed E-state index contributed by atoms with van der Waals surface area (Å²) in [5.74, 6) is 0.234. The Bertz CT molecular complexity index is 411. The van der Waals surface area contributed by atoms with Crippen molar-refractivity contribution in [3.63, 3.8) is 0 Å². The predicted octanol–water partition coefficient (Wildman–Crippen LogP) is 0.785. The summed E-state index contributed by atoms with van der Waals surface area (Å²) in [5, 5.41) is 3.49. The third kappa shape index (κ3) is 4.08. The SMILES string of the molecule is Cn1cccc1CN[C@H](CC(N)=O)C1CCOCC1. The van der Waals surface area contributed by atoms with Crippen molar-refractivity contribution in [2.24, 2.45) is 18.7 Å². The topological polar surface area (TPSA) is 69.3 Å². The first-order valence-electron chi connectivity index (χ1n) is 6.86. The van der Waals surface area contributed by atoms with E-state index in [2.05, 4.69) is 16.0 Å². The van der Waals surface area contributed by atoms with E-state index in [0.29, 0.717) is 12.3 Å². The summed E-state index contributed by atoms with van der Waals surface area (Å²) in [6.45, 7) is 2.33. The van der Waals surface area contributed by atoms with Crippen LogP contribution in [-0.2, 0) is 23.1 Å². The van der Waals surface area contributed by atoms with Gasteiger partial charge >= 0.3 is 0 Å². The highest BCUT2D eigenvalue weighted by molar-refractivity contribution is 5.74. The number of carbonyl (C=O) groups is 1. The summed E-state index contributed by atoms with van der Waals surface area (Å²) >= 11 is 0. The average Bonchev–Trinajstić information content (AvgIpc) is 2.81. The van der Waals surface area contributed by atoms with Crippen LogP contribution in [0.3, 0.4) is 0 Å². The van der Waals surface area contributed by atoms with Gasteiger partial charge in [-0.2, -0.15) is 0 Å². The molecule has 5 heteroatoms. The Morgan fingerprint density at radius 1 is 1.58 bits per heavy atom. The summed E-state index contributed by atoms with van der Waals surface area (Å²) in [6.07, 6.45) is 4.42. The number of nitrogens with zero attached hydrogens (tertiary/aromatic N) is 1. The number of hydrogen-bond donors (Lipinski definition) is 2. The Kier molecular flexibility index (Phi) is 4.99. The van der Waals surface area contributed by atoms with Gasteiger partial charge in [0.1, 0.15) is 0 Å². The Labute approximate surface area is 114 Å². The number of amides is 1. The first-order valence-corrected chi connectivity index (χ1v) is 6.86. The fraction of sp³-hybridized carbons (Fsp3) is 0.643. The molecule has 1 aliphatic rings. The van der Waals surface area contributed by atoms with Crippen LogP contribution in [0.25, 0.3) is 0 Å². The highest BCUT2D eigenvalue weighted by Crippen LogP contribution is 2.21. The van der Waals surface area contributed by atoms with Gasteiger partial charge in [0, 0.05) is 51.2 Å². The van der Waals surface area contributed by atoms with Crippen LogP contribution < -0.4 is 11.1 Å². The first kappa shape index (κ1) is 14.1. The minimum Gasteiger partial charge on any atom is -0.381 e. The maximum absolute atomic E-state index is 11.2. The Balaban J connectivity index is 1.93. The minimum atomic E-state index is -0.240. The lowest BCUT2D eigenvalue weighted by molar-refractivity contribution is -0.119. The smallest absolute Gasteiger partial charge is 0.218 e. The number of nitrogens with two attached hydrogens (primary N) is 1. The zero-order valence-electron chi connectivity index (χ0n) is 11.5. The molecule has 5 nitrogen and oxygen atoms in total. The average molecular weight is 265 g/mol. The number of aromatic nitrogens is 1. The minimum absolute atomic E-state index is 0.149. The molecule has 2 heterocycles. The Morgan fingerprint density at radius 2 is 2.32 bits per heavy atom. The molecule has 3 N–H and O–H groups in total. The van der Waals surface area contributed by atoms with Crippen LogP contribution in [0.4, 0.5) is 0 Å². The van der Waals surface area contributed by atoms with Gasteiger partial charge in [0.2, 0.25) is 5.91 Å². The highest BCUT2D eigenvalue weighted by Gasteiger charge is 2.25. The molecular formula is C14H23N3O2. The van der Waals surface area contributed by atoms with E-state index in [9.17, 15) is 4.79 Å². The summed E-state index contributed by atoms with van der Waals surface area (Å²) in [5.41, 5.74) is 6.57. The van der Waals surface area contributed by atoms with Crippen LogP contribution in [0.1, 0.15) is 25.0 Å². The lowest BCUT2D eigenvalue weighted by Gasteiger charge is -2.30. The molecule has 1 aromatic heterocycles. The van der Waals surface area contributed by atoms with E-state index in [-0.39, 0.29) is 11.9 Å². The maximum Gasteiger partial charge on any atom is 0.218 e. The molecule has 1 amide bonds. The third-order valence-electron chi connectivity index (χ3n) is 3.85. The standard InChI is InChI=1S/C14H23N3O2/c1-17-6-2-3-12(17)10-16-13(9-14(15)18)11-4-7-19-8-5-11/h2-3,6,11,13,16H,4-5,7-10H2,1H3,(H2,15,18)/t13-/m1/s1. The van der Waals surface area contributed by atoms with Crippen molar-refractivity contribution in [3.8, 4) is 0 Å². The van der Waals surface area contributed by atoms with Gasteiger partial charge in [0.25, 0.3) is 0 Å². The molecule has 2 rings (SSSR count). The zero-order valence-corrected chi connectivity index (χ0v) is 11.5. The second-order valence-corrected chi connectivity index (χ2v) is 5.22. The molecular weight excluding hydrogens is 242 g/mol. The van der Waals surface area contributed by atoms with Crippen molar-refractivity contribution in [1.29, 1.82) is 0 Å². The fourth-order valence-electron chi connectivity index (χ4n) is 2.66. The van der Waals surface area contributed by atoms with Crippen molar-refractivity contribution < 1.29 is 9.53 Å². The monoisotopic (exact) mass is 265 g/mol. The van der Waals surface area contributed by atoms with Crippen molar-refractivity contribution in [3.05, 3.63) is 24.0 Å². The van der Waals surface area contributed by atoms with E-state index < -0.39 is 0 Å². The molecule has 0 unspecified atom stereocenters. The molecule has 0 bridgehead atoms. The highest BCUT2D eigenvalue weighted by atomic mass is 16.5. The predicted molar refractivity (Wildman–Crippen MR) is 73.4 cm³/mol. The van der Waals surface area contributed by atoms with Crippen molar-refractivity contribution >= 4 is 5.91 Å². The Hall–Kier alpha value is -1.33. The number of aryl methyl sites for hydroxylation is 1. The summed E-state index contributed by atoms with van der Waals surface area (Å²) in [6, 6.07) is 4.25. The molecule has 1 atom stereocenters. The second kappa shape index (κ2) is 6.73. The molecule has 0 aromatic carbocycles.